The van der Waals surface area contributed by atoms with Crippen molar-refractivity contribution in [1.29, 1.82) is 0 Å². The number of imidazole rings is 1. The molecule has 0 aliphatic heterocycles. The Labute approximate surface area is 108 Å². The predicted molar refractivity (Wildman–Crippen MR) is 69.0 cm³/mol. The first kappa shape index (κ1) is 12.7. The molecule has 0 saturated heterocycles. The molecule has 0 radical (unpaired) electrons. The van der Waals surface area contributed by atoms with E-state index in [4.69, 9.17) is 15.6 Å². The minimum atomic E-state index is -0.944. The van der Waals surface area contributed by atoms with Crippen molar-refractivity contribution in [3.63, 3.8) is 0 Å². The highest BCUT2D eigenvalue weighted by atomic mass is 32.2. The molecule has 96 valence electrons. The van der Waals surface area contributed by atoms with E-state index in [9.17, 15) is 4.79 Å². The predicted octanol–water partition coefficient (Wildman–Crippen LogP) is 1.08. The number of nitrogens with two attached hydrogens (primary N) is 1. The van der Waals surface area contributed by atoms with Crippen molar-refractivity contribution in [3.8, 4) is 5.75 Å². The van der Waals surface area contributed by atoms with Gasteiger partial charge in [-0.1, -0.05) is 11.8 Å². The normalized spacial score (nSPS) is 12.6. The van der Waals surface area contributed by atoms with Crippen molar-refractivity contribution in [1.82, 2.24) is 9.97 Å². The Morgan fingerprint density at radius 3 is 3.06 bits per heavy atom. The van der Waals surface area contributed by atoms with Crippen molar-refractivity contribution >= 4 is 28.8 Å². The number of fused-ring (bicyclic) bond motifs is 1. The second kappa shape index (κ2) is 5.28. The Hall–Kier alpha value is -1.73. The highest BCUT2D eigenvalue weighted by Gasteiger charge is 2.18. The van der Waals surface area contributed by atoms with Crippen molar-refractivity contribution in [2.75, 3.05) is 13.7 Å². The van der Waals surface area contributed by atoms with Crippen LogP contribution in [0.2, 0.25) is 0 Å². The molecule has 0 amide bonds. The van der Waals surface area contributed by atoms with E-state index in [0.29, 0.717) is 5.16 Å². The van der Waals surface area contributed by atoms with Gasteiger partial charge in [0.2, 0.25) is 0 Å². The van der Waals surface area contributed by atoms with Gasteiger partial charge in [0.1, 0.15) is 11.0 Å². The van der Waals surface area contributed by atoms with Gasteiger partial charge in [-0.3, -0.25) is 4.79 Å². The van der Waals surface area contributed by atoms with Crippen LogP contribution in [0.25, 0.3) is 11.0 Å². The van der Waals surface area contributed by atoms with Crippen molar-refractivity contribution < 1.29 is 14.6 Å². The molecule has 6 nitrogen and oxygen atoms in total. The Morgan fingerprint density at radius 2 is 2.44 bits per heavy atom. The molecule has 1 heterocycles. The van der Waals surface area contributed by atoms with Gasteiger partial charge < -0.3 is 20.6 Å². The topological polar surface area (TPSA) is 101 Å². The van der Waals surface area contributed by atoms with Crippen LogP contribution in [0.15, 0.2) is 23.4 Å². The van der Waals surface area contributed by atoms with Crippen LogP contribution in [-0.4, -0.2) is 39.9 Å². The standard InChI is InChI=1S/C11H13N3O3S/c1-17-6-2-3-7-8(4-6)14-11(13-7)18-9(5-12)10(15)16/h2-4,9H,5,12H2,1H3,(H,13,14)(H,15,16). The zero-order chi connectivity index (χ0) is 13.1. The Bertz CT molecular complexity index is 570. The first-order chi connectivity index (χ1) is 8.63. The lowest BCUT2D eigenvalue weighted by atomic mass is 10.3. The third-order valence-corrected chi connectivity index (χ3v) is 3.51. The molecule has 18 heavy (non-hydrogen) atoms. The third kappa shape index (κ3) is 2.57. The number of aromatic amines is 1. The maximum absolute atomic E-state index is 10.9. The van der Waals surface area contributed by atoms with Crippen LogP contribution in [0.5, 0.6) is 5.75 Å². The van der Waals surface area contributed by atoms with Gasteiger partial charge in [0.15, 0.2) is 5.16 Å². The molecule has 2 aromatic rings. The number of methoxy groups -OCH3 is 1. The molecule has 4 N–H and O–H groups in total. The largest absolute Gasteiger partial charge is 0.497 e. The first-order valence-electron chi connectivity index (χ1n) is 5.27. The van der Waals surface area contributed by atoms with Crippen LogP contribution in [0.1, 0.15) is 0 Å². The molecule has 0 saturated carbocycles. The summed E-state index contributed by atoms with van der Waals surface area (Å²) in [5.74, 6) is -0.225. The highest BCUT2D eigenvalue weighted by Crippen LogP contribution is 2.25. The fraction of sp³-hybridized carbons (Fsp3) is 0.273. The van der Waals surface area contributed by atoms with E-state index in [-0.39, 0.29) is 6.54 Å². The SMILES string of the molecule is COc1ccc2nc(SC(CN)C(=O)O)[nH]c2c1. The number of rotatable bonds is 5. The van der Waals surface area contributed by atoms with Gasteiger partial charge >= 0.3 is 5.97 Å². The lowest BCUT2D eigenvalue weighted by Gasteiger charge is -2.05. The van der Waals surface area contributed by atoms with Crippen LogP contribution in [0, 0.1) is 0 Å². The number of hydrogen-bond acceptors (Lipinski definition) is 5. The number of aliphatic carboxylic acids is 1. The lowest BCUT2D eigenvalue weighted by Crippen LogP contribution is -2.25. The van der Waals surface area contributed by atoms with Crippen LogP contribution in [0.3, 0.4) is 0 Å². The molecule has 0 aliphatic rings. The maximum Gasteiger partial charge on any atom is 0.318 e. The molecule has 1 aromatic heterocycles. The Morgan fingerprint density at radius 1 is 1.67 bits per heavy atom. The molecular weight excluding hydrogens is 254 g/mol. The zero-order valence-electron chi connectivity index (χ0n) is 9.71. The second-order valence-corrected chi connectivity index (χ2v) is 4.80. The number of nitrogens with one attached hydrogen (secondary N) is 1. The minimum absolute atomic E-state index is 0.0559. The number of carboxylic acids is 1. The highest BCUT2D eigenvalue weighted by molar-refractivity contribution is 8.00. The second-order valence-electron chi connectivity index (χ2n) is 3.61. The van der Waals surface area contributed by atoms with E-state index in [2.05, 4.69) is 9.97 Å². The zero-order valence-corrected chi connectivity index (χ0v) is 10.5. The van der Waals surface area contributed by atoms with Gasteiger partial charge in [-0.25, -0.2) is 4.98 Å². The van der Waals surface area contributed by atoms with Gasteiger partial charge in [-0.2, -0.15) is 0 Å². The number of thioether (sulfide) groups is 1. The molecule has 0 aliphatic carbocycles. The van der Waals surface area contributed by atoms with E-state index in [0.717, 1.165) is 28.5 Å². The average molecular weight is 267 g/mol. The molecular formula is C11H13N3O3S. The van der Waals surface area contributed by atoms with E-state index in [1.165, 1.54) is 0 Å². The molecule has 7 heteroatoms. The summed E-state index contributed by atoms with van der Waals surface area (Å²) in [6.45, 7) is 0.0559. The molecule has 2 rings (SSSR count). The van der Waals surface area contributed by atoms with Crippen LogP contribution < -0.4 is 10.5 Å². The summed E-state index contributed by atoms with van der Waals surface area (Å²) in [6.07, 6.45) is 0. The maximum atomic E-state index is 10.9. The quantitative estimate of drug-likeness (QED) is 0.701. The summed E-state index contributed by atoms with van der Waals surface area (Å²) < 4.78 is 5.10. The summed E-state index contributed by atoms with van der Waals surface area (Å²) in [5, 5.41) is 8.77. The van der Waals surface area contributed by atoms with E-state index in [1.54, 1.807) is 13.2 Å². The number of H-pyrrole nitrogens is 1. The van der Waals surface area contributed by atoms with E-state index >= 15 is 0 Å². The number of ether oxygens (including phenoxy) is 1. The lowest BCUT2D eigenvalue weighted by molar-refractivity contribution is -0.136. The minimum Gasteiger partial charge on any atom is -0.497 e. The number of aromatic nitrogens is 2. The number of nitrogens with zero attached hydrogens (tertiary/aromatic N) is 1. The Balaban J connectivity index is 2.27. The molecule has 0 fully saturated rings. The summed E-state index contributed by atoms with van der Waals surface area (Å²) in [4.78, 5) is 18.2. The molecule has 1 aromatic carbocycles. The number of carboxylic acid groups (broad SMARTS) is 1. The number of benzene rings is 1. The third-order valence-electron chi connectivity index (χ3n) is 2.41. The fourth-order valence-corrected chi connectivity index (χ4v) is 2.27. The summed E-state index contributed by atoms with van der Waals surface area (Å²) in [5.41, 5.74) is 6.97. The number of carbonyl (C=O) groups is 1. The van der Waals surface area contributed by atoms with Gasteiger partial charge in [-0.05, 0) is 12.1 Å². The van der Waals surface area contributed by atoms with Gasteiger partial charge in [-0.15, -0.1) is 0 Å². The van der Waals surface area contributed by atoms with Crippen molar-refractivity contribution in [3.05, 3.63) is 18.2 Å². The van der Waals surface area contributed by atoms with E-state index < -0.39 is 11.2 Å². The van der Waals surface area contributed by atoms with Gasteiger partial charge in [0.25, 0.3) is 0 Å². The van der Waals surface area contributed by atoms with Crippen molar-refractivity contribution in [2.45, 2.75) is 10.4 Å². The monoisotopic (exact) mass is 267 g/mol. The summed E-state index contributed by atoms with van der Waals surface area (Å²) in [6, 6.07) is 5.42. The van der Waals surface area contributed by atoms with Crippen LogP contribution in [-0.2, 0) is 4.79 Å². The first-order valence-corrected chi connectivity index (χ1v) is 6.15. The van der Waals surface area contributed by atoms with Crippen LogP contribution >= 0.6 is 11.8 Å². The summed E-state index contributed by atoms with van der Waals surface area (Å²) in [7, 11) is 1.59. The van der Waals surface area contributed by atoms with Crippen molar-refractivity contribution in [2.24, 2.45) is 5.73 Å². The molecule has 1 atom stereocenters. The number of hydrogen-bond donors (Lipinski definition) is 3. The van der Waals surface area contributed by atoms with Crippen LogP contribution in [0.4, 0.5) is 0 Å². The average Bonchev–Trinajstić information content (AvgIpc) is 2.76. The summed E-state index contributed by atoms with van der Waals surface area (Å²) >= 11 is 1.10. The smallest absolute Gasteiger partial charge is 0.318 e. The van der Waals surface area contributed by atoms with Gasteiger partial charge in [0, 0.05) is 12.6 Å². The van der Waals surface area contributed by atoms with E-state index in [1.807, 2.05) is 12.1 Å². The fourth-order valence-electron chi connectivity index (χ4n) is 1.48. The molecule has 1 unspecified atom stereocenters. The Kier molecular flexibility index (Phi) is 3.73. The molecule has 0 spiro atoms. The molecule has 0 bridgehead atoms. The van der Waals surface area contributed by atoms with Gasteiger partial charge in [0.05, 0.1) is 18.1 Å².